The van der Waals surface area contributed by atoms with Crippen molar-refractivity contribution in [1.29, 1.82) is 0 Å². The number of carbonyl (C=O) groups is 1. The van der Waals surface area contributed by atoms with Crippen molar-refractivity contribution in [2.24, 2.45) is 4.99 Å². The molecule has 0 fully saturated rings. The standard InChI is InChI=1S/C27H27N5O2S/c1-15-5-7-19(8-6-15)14-28-21-11-9-20(10-12-21)25-24-16(2)17(3)35-27(24)32-18(4)30-31-26(32)22(29-25)13-23(33)34/h5-12,22,28H,13-14H2,1-4H3,(H,33,34)/t22-/m0/s1. The van der Waals surface area contributed by atoms with Gasteiger partial charge in [-0.3, -0.25) is 14.4 Å². The molecule has 1 aliphatic heterocycles. The molecule has 0 aliphatic carbocycles. The highest BCUT2D eigenvalue weighted by molar-refractivity contribution is 7.15. The Balaban J connectivity index is 1.53. The molecule has 0 radical (unpaired) electrons. The largest absolute Gasteiger partial charge is 0.481 e. The number of nitrogens with one attached hydrogen (secondary N) is 1. The van der Waals surface area contributed by atoms with Crippen molar-refractivity contribution in [3.63, 3.8) is 0 Å². The van der Waals surface area contributed by atoms with Crippen LogP contribution in [0.15, 0.2) is 53.5 Å². The Morgan fingerprint density at radius 1 is 1.03 bits per heavy atom. The molecule has 35 heavy (non-hydrogen) atoms. The van der Waals surface area contributed by atoms with Crippen LogP contribution in [0.4, 0.5) is 5.69 Å². The van der Waals surface area contributed by atoms with Gasteiger partial charge in [0, 0.05) is 28.2 Å². The molecule has 2 aromatic carbocycles. The molecule has 0 saturated carbocycles. The number of hydrogen-bond acceptors (Lipinski definition) is 6. The third-order valence-corrected chi connectivity index (χ3v) is 7.58. The summed E-state index contributed by atoms with van der Waals surface area (Å²) in [4.78, 5) is 17.9. The lowest BCUT2D eigenvalue weighted by molar-refractivity contribution is -0.137. The molecule has 3 heterocycles. The van der Waals surface area contributed by atoms with Gasteiger partial charge in [-0.2, -0.15) is 0 Å². The van der Waals surface area contributed by atoms with Crippen molar-refractivity contribution >= 4 is 28.7 Å². The van der Waals surface area contributed by atoms with E-state index in [2.05, 4.69) is 60.6 Å². The van der Waals surface area contributed by atoms with E-state index in [9.17, 15) is 9.90 Å². The van der Waals surface area contributed by atoms with Crippen molar-refractivity contribution < 1.29 is 9.90 Å². The van der Waals surface area contributed by atoms with Gasteiger partial charge in [0.2, 0.25) is 0 Å². The molecule has 8 heteroatoms. The summed E-state index contributed by atoms with van der Waals surface area (Å²) in [6.45, 7) is 8.90. The molecule has 178 valence electrons. The molecule has 1 atom stereocenters. The lowest BCUT2D eigenvalue weighted by Gasteiger charge is -2.12. The monoisotopic (exact) mass is 485 g/mol. The van der Waals surface area contributed by atoms with Crippen molar-refractivity contribution in [3.8, 4) is 5.00 Å². The zero-order chi connectivity index (χ0) is 24.7. The first-order chi connectivity index (χ1) is 16.8. The maximum absolute atomic E-state index is 11.7. The van der Waals surface area contributed by atoms with E-state index in [1.807, 2.05) is 35.8 Å². The summed E-state index contributed by atoms with van der Waals surface area (Å²) in [7, 11) is 0. The van der Waals surface area contributed by atoms with Gasteiger partial charge in [0.05, 0.1) is 12.1 Å². The Bertz CT molecular complexity index is 1430. The SMILES string of the molecule is Cc1ccc(CNc2ccc(C3=N[C@@H](CC(=O)O)c4nnc(C)n4-c4sc(C)c(C)c43)cc2)cc1. The normalized spacial score (nSPS) is 14.6. The van der Waals surface area contributed by atoms with Crippen LogP contribution in [0.25, 0.3) is 5.00 Å². The highest BCUT2D eigenvalue weighted by atomic mass is 32.1. The highest BCUT2D eigenvalue weighted by Gasteiger charge is 2.32. The minimum Gasteiger partial charge on any atom is -0.481 e. The van der Waals surface area contributed by atoms with Crippen molar-refractivity contribution in [2.45, 2.75) is 46.7 Å². The Morgan fingerprint density at radius 3 is 2.43 bits per heavy atom. The summed E-state index contributed by atoms with van der Waals surface area (Å²) in [6.07, 6.45) is -0.148. The fourth-order valence-corrected chi connectivity index (χ4v) is 5.56. The number of fused-ring (bicyclic) bond motifs is 3. The predicted octanol–water partition coefficient (Wildman–Crippen LogP) is 5.54. The second-order valence-corrected chi connectivity index (χ2v) is 10.1. The number of carboxylic acids is 1. The summed E-state index contributed by atoms with van der Waals surface area (Å²) in [6, 6.07) is 16.0. The van der Waals surface area contributed by atoms with Crippen LogP contribution in [0, 0.1) is 27.7 Å². The minimum absolute atomic E-state index is 0.148. The maximum atomic E-state index is 11.7. The number of aryl methyl sites for hydroxylation is 3. The number of nitrogens with zero attached hydrogens (tertiary/aromatic N) is 4. The van der Waals surface area contributed by atoms with Gasteiger partial charge in [-0.25, -0.2) is 0 Å². The van der Waals surface area contributed by atoms with Crippen LogP contribution in [0.2, 0.25) is 0 Å². The van der Waals surface area contributed by atoms with Gasteiger partial charge < -0.3 is 10.4 Å². The lowest BCUT2D eigenvalue weighted by atomic mass is 9.99. The van der Waals surface area contributed by atoms with Crippen molar-refractivity contribution in [2.75, 3.05) is 5.32 Å². The third-order valence-electron chi connectivity index (χ3n) is 6.38. The first-order valence-corrected chi connectivity index (χ1v) is 12.4. The Labute approximate surface area is 208 Å². The fourth-order valence-electron chi connectivity index (χ4n) is 4.35. The number of aliphatic carboxylic acids is 1. The molecule has 0 saturated heterocycles. The number of anilines is 1. The zero-order valence-corrected chi connectivity index (χ0v) is 21.0. The second kappa shape index (κ2) is 9.11. The van der Waals surface area contributed by atoms with E-state index in [0.717, 1.165) is 45.5 Å². The number of hydrogen-bond donors (Lipinski definition) is 2. The molecular weight excluding hydrogens is 458 g/mol. The molecule has 0 spiro atoms. The number of aliphatic imine (C=N–C) groups is 1. The molecule has 0 amide bonds. The van der Waals surface area contributed by atoms with Gasteiger partial charge in [-0.15, -0.1) is 21.5 Å². The fraction of sp³-hybridized carbons (Fsp3) is 0.259. The van der Waals surface area contributed by atoms with Gasteiger partial charge in [-0.05, 0) is 51.0 Å². The van der Waals surface area contributed by atoms with Crippen molar-refractivity contribution in [1.82, 2.24) is 14.8 Å². The van der Waals surface area contributed by atoms with Crippen LogP contribution in [0.5, 0.6) is 0 Å². The summed E-state index contributed by atoms with van der Waals surface area (Å²) < 4.78 is 1.97. The smallest absolute Gasteiger partial charge is 0.306 e. The predicted molar refractivity (Wildman–Crippen MR) is 139 cm³/mol. The van der Waals surface area contributed by atoms with Crippen LogP contribution in [-0.4, -0.2) is 31.6 Å². The van der Waals surface area contributed by atoms with Gasteiger partial charge in [0.1, 0.15) is 16.9 Å². The Morgan fingerprint density at radius 2 is 1.74 bits per heavy atom. The van der Waals surface area contributed by atoms with E-state index in [-0.39, 0.29) is 6.42 Å². The van der Waals surface area contributed by atoms with Gasteiger partial charge in [0.15, 0.2) is 5.82 Å². The Kier molecular flexibility index (Phi) is 5.98. The number of rotatable bonds is 6. The Hall–Kier alpha value is -3.78. The van der Waals surface area contributed by atoms with Crippen LogP contribution in [0.3, 0.4) is 0 Å². The summed E-state index contributed by atoms with van der Waals surface area (Å²) in [5.74, 6) is 0.378. The quantitative estimate of drug-likeness (QED) is 0.374. The molecule has 5 rings (SSSR count). The zero-order valence-electron chi connectivity index (χ0n) is 20.2. The van der Waals surface area contributed by atoms with E-state index in [4.69, 9.17) is 4.99 Å². The second-order valence-electron chi connectivity index (χ2n) is 8.91. The summed E-state index contributed by atoms with van der Waals surface area (Å²) >= 11 is 1.66. The average molecular weight is 486 g/mol. The highest BCUT2D eigenvalue weighted by Crippen LogP contribution is 2.39. The van der Waals surface area contributed by atoms with Crippen LogP contribution in [0.1, 0.15) is 56.8 Å². The molecule has 2 aromatic heterocycles. The molecule has 0 bridgehead atoms. The van der Waals surface area contributed by atoms with Crippen LogP contribution < -0.4 is 5.32 Å². The topological polar surface area (TPSA) is 92.4 Å². The van der Waals surface area contributed by atoms with E-state index in [0.29, 0.717) is 5.82 Å². The van der Waals surface area contributed by atoms with E-state index in [1.54, 1.807) is 11.3 Å². The number of thiophene rings is 1. The molecule has 0 unspecified atom stereocenters. The van der Waals surface area contributed by atoms with Crippen LogP contribution in [-0.2, 0) is 11.3 Å². The van der Waals surface area contributed by atoms with E-state index >= 15 is 0 Å². The number of aromatic nitrogens is 3. The van der Waals surface area contributed by atoms with Crippen LogP contribution >= 0.6 is 11.3 Å². The number of benzene rings is 2. The van der Waals surface area contributed by atoms with E-state index in [1.165, 1.54) is 16.0 Å². The number of carboxylic acid groups (broad SMARTS) is 1. The first kappa shape index (κ1) is 23.0. The summed E-state index contributed by atoms with van der Waals surface area (Å²) in [5, 5.41) is 22.6. The van der Waals surface area contributed by atoms with Gasteiger partial charge in [0.25, 0.3) is 0 Å². The van der Waals surface area contributed by atoms with Gasteiger partial charge in [-0.1, -0.05) is 42.0 Å². The lowest BCUT2D eigenvalue weighted by Crippen LogP contribution is -2.10. The molecule has 2 N–H and O–H groups in total. The minimum atomic E-state index is -0.917. The molecule has 7 nitrogen and oxygen atoms in total. The van der Waals surface area contributed by atoms with Gasteiger partial charge >= 0.3 is 5.97 Å². The molecular formula is C27H27N5O2S. The average Bonchev–Trinajstić information content (AvgIpc) is 3.31. The van der Waals surface area contributed by atoms with E-state index < -0.39 is 12.0 Å². The third kappa shape index (κ3) is 4.37. The molecule has 4 aromatic rings. The molecule has 1 aliphatic rings. The maximum Gasteiger partial charge on any atom is 0.306 e. The summed E-state index contributed by atoms with van der Waals surface area (Å²) in [5.41, 5.74) is 7.37. The first-order valence-electron chi connectivity index (χ1n) is 11.5. The van der Waals surface area contributed by atoms with Crippen molar-refractivity contribution in [3.05, 3.63) is 92.9 Å².